The van der Waals surface area contributed by atoms with E-state index < -0.39 is 40.8 Å². The summed E-state index contributed by atoms with van der Waals surface area (Å²) in [5.41, 5.74) is -0.0625. The number of carbonyl (C=O) groups is 4. The first kappa shape index (κ1) is 24.2. The molecule has 0 aliphatic carbocycles. The number of amides is 2. The number of likely N-dealkylation sites (tertiary alicyclic amines) is 1. The van der Waals surface area contributed by atoms with E-state index >= 15 is 0 Å². The fourth-order valence-electron chi connectivity index (χ4n) is 4.68. The predicted molar refractivity (Wildman–Crippen MR) is 124 cm³/mol. The second-order valence-corrected chi connectivity index (χ2v) is 9.56. The maximum Gasteiger partial charge on any atom is 0.411 e. The van der Waals surface area contributed by atoms with Crippen LogP contribution in [-0.4, -0.2) is 51.4 Å². The summed E-state index contributed by atoms with van der Waals surface area (Å²) in [5.74, 6) is 2.13. The van der Waals surface area contributed by atoms with E-state index in [-0.39, 0.29) is 18.5 Å². The van der Waals surface area contributed by atoms with E-state index in [1.807, 2.05) is 5.43 Å². The third kappa shape index (κ3) is 4.10. The number of benzene rings is 2. The van der Waals surface area contributed by atoms with Crippen molar-refractivity contribution in [3.8, 4) is 11.5 Å². The van der Waals surface area contributed by atoms with Gasteiger partial charge < -0.3 is 14.6 Å². The van der Waals surface area contributed by atoms with Crippen molar-refractivity contribution in [2.75, 3.05) is 6.54 Å². The Hall–Kier alpha value is -3.92. The number of fused-ring (bicyclic) bond motifs is 2. The molecule has 2 heterocycles. The molecule has 1 saturated heterocycles. The molecule has 1 fully saturated rings. The number of hydrazine groups is 1. The van der Waals surface area contributed by atoms with Gasteiger partial charge in [0.05, 0.1) is 5.92 Å². The van der Waals surface area contributed by atoms with Crippen molar-refractivity contribution in [1.29, 1.82) is 0 Å². The number of para-hydroxylation sites is 1. The average molecular weight is 482 g/mol. The van der Waals surface area contributed by atoms with Crippen LogP contribution in [0.3, 0.4) is 0 Å². The highest BCUT2D eigenvalue weighted by Gasteiger charge is 2.59. The van der Waals surface area contributed by atoms with Crippen molar-refractivity contribution in [1.82, 2.24) is 10.3 Å². The van der Waals surface area contributed by atoms with Crippen LogP contribution in [0.25, 0.3) is 0 Å². The number of nitrogens with two attached hydrogens (primary N) is 1. The second-order valence-electron chi connectivity index (χ2n) is 9.56. The lowest BCUT2D eigenvalue weighted by Gasteiger charge is -2.38. The largest absolute Gasteiger partial charge is 0.479 e. The van der Waals surface area contributed by atoms with Crippen LogP contribution in [0.4, 0.5) is 4.79 Å². The van der Waals surface area contributed by atoms with Gasteiger partial charge in [-0.15, -0.1) is 0 Å². The molecule has 4 rings (SSSR count). The molecule has 0 radical (unpaired) electrons. The number of hydrogen-bond acceptors (Lipinski definition) is 7. The first-order chi connectivity index (χ1) is 16.5. The molecule has 10 nitrogen and oxygen atoms in total. The molecule has 0 aromatic heterocycles. The lowest BCUT2D eigenvalue weighted by atomic mass is 9.75. The summed E-state index contributed by atoms with van der Waals surface area (Å²) in [6.45, 7) is 5.06. The van der Waals surface area contributed by atoms with Crippen molar-refractivity contribution in [3.05, 3.63) is 59.2 Å². The highest BCUT2D eigenvalue weighted by molar-refractivity contribution is 6.14. The molecule has 10 heteroatoms. The number of carbonyl (C=O) groups excluding carboxylic acids is 3. The zero-order valence-corrected chi connectivity index (χ0v) is 19.7. The Morgan fingerprint density at radius 3 is 2.46 bits per heavy atom. The molecule has 2 aromatic rings. The summed E-state index contributed by atoms with van der Waals surface area (Å²) >= 11 is 0. The van der Waals surface area contributed by atoms with Crippen LogP contribution in [-0.2, 0) is 14.3 Å². The Morgan fingerprint density at radius 2 is 1.80 bits per heavy atom. The molecule has 4 N–H and O–H groups in total. The summed E-state index contributed by atoms with van der Waals surface area (Å²) < 4.78 is 11.4. The van der Waals surface area contributed by atoms with Gasteiger partial charge in [-0.25, -0.2) is 15.4 Å². The molecular weight excluding hydrogens is 454 g/mol. The fraction of sp³-hybridized carbons (Fsp3) is 0.360. The van der Waals surface area contributed by atoms with Gasteiger partial charge >= 0.3 is 12.1 Å². The van der Waals surface area contributed by atoms with E-state index in [0.717, 1.165) is 4.90 Å². The minimum absolute atomic E-state index is 0.0558. The first-order valence-electron chi connectivity index (χ1n) is 11.2. The minimum atomic E-state index is -2.15. The van der Waals surface area contributed by atoms with Gasteiger partial charge in [0.1, 0.15) is 17.1 Å². The summed E-state index contributed by atoms with van der Waals surface area (Å²) in [5, 5.41) is 10.4. The molecule has 184 valence electrons. The Bertz CT molecular complexity index is 1220. The lowest BCUT2D eigenvalue weighted by molar-refractivity contribution is -0.155. The van der Waals surface area contributed by atoms with Crippen molar-refractivity contribution in [2.24, 2.45) is 5.84 Å². The van der Waals surface area contributed by atoms with Crippen LogP contribution in [0.15, 0.2) is 42.5 Å². The van der Waals surface area contributed by atoms with Crippen molar-refractivity contribution < 1.29 is 33.8 Å². The second kappa shape index (κ2) is 8.70. The van der Waals surface area contributed by atoms with Crippen molar-refractivity contribution >= 4 is 23.8 Å². The van der Waals surface area contributed by atoms with E-state index in [2.05, 4.69) is 0 Å². The van der Waals surface area contributed by atoms with E-state index in [1.165, 1.54) is 18.2 Å². The lowest BCUT2D eigenvalue weighted by Crippen LogP contribution is -2.60. The third-order valence-electron chi connectivity index (χ3n) is 6.18. The summed E-state index contributed by atoms with van der Waals surface area (Å²) in [6, 6.07) is 11.3. The van der Waals surface area contributed by atoms with Crippen LogP contribution in [0.1, 0.15) is 61.0 Å². The standard InChI is InChI=1S/C25H27N3O7/c1-24(2,3)35-23(33)28-12-6-11-25(28,22(31)32)20(29)19-15-7-4-5-8-17(15)34-18-10-9-14(13-16(18)19)21(30)27-26/h4-5,7-10,13,19H,6,11-12,26H2,1-3H3,(H,27,30)(H,31,32)/t19-,25-/m0/s1. The highest BCUT2D eigenvalue weighted by atomic mass is 16.6. The van der Waals surface area contributed by atoms with Crippen molar-refractivity contribution in [2.45, 2.75) is 50.7 Å². The van der Waals surface area contributed by atoms with E-state index in [1.54, 1.807) is 45.0 Å². The van der Waals surface area contributed by atoms with E-state index in [9.17, 15) is 24.3 Å². The first-order valence-corrected chi connectivity index (χ1v) is 11.2. The van der Waals surface area contributed by atoms with Crippen LogP contribution in [0.2, 0.25) is 0 Å². The number of Topliss-reactive ketones (excluding diaryl/α,β-unsaturated/α-hetero) is 1. The molecule has 0 unspecified atom stereocenters. The Kier molecular flexibility index (Phi) is 6.02. The number of carboxylic acid groups (broad SMARTS) is 1. The fourth-order valence-corrected chi connectivity index (χ4v) is 4.68. The highest BCUT2D eigenvalue weighted by Crippen LogP contribution is 2.48. The van der Waals surface area contributed by atoms with Gasteiger partial charge in [0, 0.05) is 23.2 Å². The van der Waals surface area contributed by atoms with Gasteiger partial charge in [0.15, 0.2) is 5.78 Å². The number of aliphatic carboxylic acids is 1. The SMILES string of the molecule is CC(C)(C)OC(=O)N1CCC[C@@]1(C(=O)O)C(=O)[C@H]1c2ccccc2Oc2ccc(C(=O)NN)cc21. The van der Waals surface area contributed by atoms with Gasteiger partial charge in [-0.3, -0.25) is 19.9 Å². The number of nitrogens with one attached hydrogen (secondary N) is 1. The van der Waals surface area contributed by atoms with Crippen LogP contribution < -0.4 is 16.0 Å². The van der Waals surface area contributed by atoms with Crippen molar-refractivity contribution in [3.63, 3.8) is 0 Å². The summed E-state index contributed by atoms with van der Waals surface area (Å²) in [4.78, 5) is 53.3. The number of ketones is 1. The van der Waals surface area contributed by atoms with Crippen LogP contribution in [0.5, 0.6) is 11.5 Å². The predicted octanol–water partition coefficient (Wildman–Crippen LogP) is 2.95. The zero-order chi connectivity index (χ0) is 25.5. The zero-order valence-electron chi connectivity index (χ0n) is 19.7. The number of nitrogens with zero attached hydrogens (tertiary/aromatic N) is 1. The average Bonchev–Trinajstić information content (AvgIpc) is 3.27. The Morgan fingerprint density at radius 1 is 1.11 bits per heavy atom. The molecule has 2 aliphatic rings. The summed E-state index contributed by atoms with van der Waals surface area (Å²) in [6.07, 6.45) is -0.634. The molecule has 0 bridgehead atoms. The van der Waals surface area contributed by atoms with E-state index in [4.69, 9.17) is 15.3 Å². The minimum Gasteiger partial charge on any atom is -0.479 e. The Labute approximate surface area is 202 Å². The maximum absolute atomic E-state index is 14.3. The molecule has 35 heavy (non-hydrogen) atoms. The van der Waals surface area contributed by atoms with E-state index in [0.29, 0.717) is 29.0 Å². The molecule has 2 aliphatic heterocycles. The topological polar surface area (TPSA) is 148 Å². The monoisotopic (exact) mass is 481 g/mol. The molecule has 2 atom stereocenters. The van der Waals surface area contributed by atoms with Gasteiger partial charge in [-0.2, -0.15) is 0 Å². The molecule has 2 aromatic carbocycles. The molecule has 2 amide bonds. The van der Waals surface area contributed by atoms with Gasteiger partial charge in [-0.05, 0) is 57.9 Å². The number of ether oxygens (including phenoxy) is 2. The normalized spacial score (nSPS) is 20.8. The smallest absolute Gasteiger partial charge is 0.411 e. The Balaban J connectivity index is 1.88. The number of hydrogen-bond donors (Lipinski definition) is 3. The number of nitrogen functional groups attached to an aromatic ring is 1. The molecule has 0 spiro atoms. The van der Waals surface area contributed by atoms with Gasteiger partial charge in [-0.1, -0.05) is 18.2 Å². The van der Waals surface area contributed by atoms with Crippen LogP contribution in [0, 0.1) is 0 Å². The number of rotatable bonds is 4. The maximum atomic E-state index is 14.3. The number of carboxylic acids is 1. The third-order valence-corrected chi connectivity index (χ3v) is 6.18. The molecule has 0 saturated carbocycles. The molecular formula is C25H27N3O7. The quantitative estimate of drug-likeness (QED) is 0.261. The van der Waals surface area contributed by atoms with Gasteiger partial charge in [0.2, 0.25) is 5.54 Å². The van der Waals surface area contributed by atoms with Gasteiger partial charge in [0.25, 0.3) is 5.91 Å². The van der Waals surface area contributed by atoms with Crippen LogP contribution >= 0.6 is 0 Å². The summed E-state index contributed by atoms with van der Waals surface area (Å²) in [7, 11) is 0.